The van der Waals surface area contributed by atoms with Crippen LogP contribution in [0.3, 0.4) is 0 Å². The molecule has 11 heteroatoms. The quantitative estimate of drug-likeness (QED) is 0.593. The van der Waals surface area contributed by atoms with Crippen LogP contribution in [0.2, 0.25) is 10.0 Å². The molecule has 30 heavy (non-hydrogen) atoms. The first kappa shape index (κ1) is 20.4. The minimum Gasteiger partial charge on any atom is -0.479 e. The van der Waals surface area contributed by atoms with Crippen LogP contribution in [-0.4, -0.2) is 67.8 Å². The van der Waals surface area contributed by atoms with Crippen LogP contribution in [-0.2, 0) is 4.79 Å². The fraction of sp³-hybridized carbons (Fsp3) is 0.316. The predicted molar refractivity (Wildman–Crippen MR) is 112 cm³/mol. The van der Waals surface area contributed by atoms with Crippen LogP contribution in [0.4, 0.5) is 5.82 Å². The minimum absolute atomic E-state index is 0.0911. The van der Waals surface area contributed by atoms with Gasteiger partial charge in [0, 0.05) is 37.3 Å². The number of aromatic nitrogens is 5. The molecule has 1 fully saturated rings. The van der Waals surface area contributed by atoms with Crippen molar-refractivity contribution in [2.45, 2.75) is 13.0 Å². The summed E-state index contributed by atoms with van der Waals surface area (Å²) in [5.41, 5.74) is 0. The van der Waals surface area contributed by atoms with Crippen LogP contribution in [0.1, 0.15) is 6.92 Å². The molecule has 4 rings (SSSR count). The molecule has 1 unspecified atom stereocenters. The molecule has 3 aromatic rings. The van der Waals surface area contributed by atoms with Gasteiger partial charge in [-0.05, 0) is 25.1 Å². The van der Waals surface area contributed by atoms with Gasteiger partial charge in [-0.2, -0.15) is 5.10 Å². The predicted octanol–water partition coefficient (Wildman–Crippen LogP) is 2.48. The minimum atomic E-state index is -0.659. The van der Waals surface area contributed by atoms with Crippen LogP contribution < -0.4 is 9.64 Å². The monoisotopic (exact) mass is 447 g/mol. The normalized spacial score (nSPS) is 15.2. The fourth-order valence-electron chi connectivity index (χ4n) is 3.19. The zero-order chi connectivity index (χ0) is 21.1. The molecule has 1 aliphatic rings. The summed E-state index contributed by atoms with van der Waals surface area (Å²) < 4.78 is 7.33. The lowest BCUT2D eigenvalue weighted by Gasteiger charge is -2.36. The molecule has 0 radical (unpaired) electrons. The molecular weight excluding hydrogens is 429 g/mol. The molecule has 156 valence electrons. The van der Waals surface area contributed by atoms with Gasteiger partial charge in [0.15, 0.2) is 11.9 Å². The van der Waals surface area contributed by atoms with E-state index in [4.69, 9.17) is 27.9 Å². The molecule has 0 saturated carbocycles. The molecule has 0 N–H and O–H groups in total. The van der Waals surface area contributed by atoms with Gasteiger partial charge in [0.1, 0.15) is 30.5 Å². The summed E-state index contributed by atoms with van der Waals surface area (Å²) in [4.78, 5) is 29.2. The summed E-state index contributed by atoms with van der Waals surface area (Å²) in [6, 6.07) is 6.77. The second kappa shape index (κ2) is 8.85. The Morgan fingerprint density at radius 2 is 1.83 bits per heavy atom. The first-order chi connectivity index (χ1) is 14.5. The van der Waals surface area contributed by atoms with E-state index in [0.717, 1.165) is 5.82 Å². The van der Waals surface area contributed by atoms with Crippen molar-refractivity contribution in [3.63, 3.8) is 0 Å². The number of hydrogen-bond donors (Lipinski definition) is 0. The Morgan fingerprint density at radius 3 is 2.53 bits per heavy atom. The van der Waals surface area contributed by atoms with Gasteiger partial charge in [-0.3, -0.25) is 4.79 Å². The van der Waals surface area contributed by atoms with E-state index in [9.17, 15) is 4.79 Å². The average molecular weight is 448 g/mol. The van der Waals surface area contributed by atoms with Crippen molar-refractivity contribution in [1.82, 2.24) is 29.6 Å². The lowest BCUT2D eigenvalue weighted by molar-refractivity contribution is -0.138. The summed E-state index contributed by atoms with van der Waals surface area (Å²) in [5, 5.41) is 4.97. The van der Waals surface area contributed by atoms with E-state index in [1.54, 1.807) is 41.0 Å². The van der Waals surface area contributed by atoms with Crippen LogP contribution >= 0.6 is 23.2 Å². The first-order valence-corrected chi connectivity index (χ1v) is 10.1. The number of halogens is 2. The third-order valence-corrected chi connectivity index (χ3v) is 5.28. The Labute approximate surface area is 183 Å². The van der Waals surface area contributed by atoms with E-state index in [-0.39, 0.29) is 5.91 Å². The highest BCUT2D eigenvalue weighted by Crippen LogP contribution is 2.28. The van der Waals surface area contributed by atoms with E-state index in [1.165, 1.54) is 12.7 Å². The largest absolute Gasteiger partial charge is 0.479 e. The Bertz CT molecular complexity index is 1020. The summed E-state index contributed by atoms with van der Waals surface area (Å²) >= 11 is 12.0. The highest BCUT2D eigenvalue weighted by molar-refractivity contribution is 6.35. The number of carbonyl (C=O) groups excluding carboxylic acids is 1. The summed E-state index contributed by atoms with van der Waals surface area (Å²) in [6.07, 6.45) is 3.87. The molecule has 0 bridgehead atoms. The zero-order valence-electron chi connectivity index (χ0n) is 16.2. The molecule has 1 amide bonds. The number of piperazine rings is 1. The van der Waals surface area contributed by atoms with Gasteiger partial charge < -0.3 is 14.5 Å². The Kier molecular flexibility index (Phi) is 6.01. The van der Waals surface area contributed by atoms with Crippen molar-refractivity contribution in [2.24, 2.45) is 0 Å². The molecule has 1 atom stereocenters. The highest BCUT2D eigenvalue weighted by atomic mass is 35.5. The second-order valence-corrected chi connectivity index (χ2v) is 7.57. The zero-order valence-corrected chi connectivity index (χ0v) is 17.7. The van der Waals surface area contributed by atoms with Crippen molar-refractivity contribution >= 4 is 34.9 Å². The lowest BCUT2D eigenvalue weighted by Crippen LogP contribution is -2.52. The fourth-order valence-corrected chi connectivity index (χ4v) is 3.64. The number of ether oxygens (including phenoxy) is 1. The Balaban J connectivity index is 1.36. The van der Waals surface area contributed by atoms with Gasteiger partial charge in [0.05, 0.1) is 5.02 Å². The van der Waals surface area contributed by atoms with Crippen LogP contribution in [0.5, 0.6) is 5.75 Å². The molecule has 1 saturated heterocycles. The van der Waals surface area contributed by atoms with Crippen molar-refractivity contribution in [2.75, 3.05) is 31.1 Å². The van der Waals surface area contributed by atoms with E-state index in [2.05, 4.69) is 25.0 Å². The van der Waals surface area contributed by atoms with E-state index in [0.29, 0.717) is 47.8 Å². The van der Waals surface area contributed by atoms with Gasteiger partial charge in [-0.15, -0.1) is 0 Å². The summed E-state index contributed by atoms with van der Waals surface area (Å²) in [7, 11) is 0. The van der Waals surface area contributed by atoms with E-state index in [1.807, 2.05) is 6.07 Å². The molecule has 1 aliphatic heterocycles. The molecule has 9 nitrogen and oxygen atoms in total. The van der Waals surface area contributed by atoms with Crippen molar-refractivity contribution in [1.29, 1.82) is 0 Å². The molecule has 3 heterocycles. The Hall–Kier alpha value is -2.91. The van der Waals surface area contributed by atoms with Crippen LogP contribution in [0.25, 0.3) is 5.82 Å². The maximum atomic E-state index is 12.8. The molecular formula is C19H19Cl2N7O2. The number of rotatable bonds is 5. The second-order valence-electron chi connectivity index (χ2n) is 6.72. The lowest BCUT2D eigenvalue weighted by atomic mass is 10.2. The van der Waals surface area contributed by atoms with Crippen LogP contribution in [0, 0.1) is 0 Å². The molecule has 0 spiro atoms. The van der Waals surface area contributed by atoms with Crippen molar-refractivity contribution < 1.29 is 9.53 Å². The first-order valence-electron chi connectivity index (χ1n) is 9.34. The number of benzene rings is 1. The molecule has 0 aliphatic carbocycles. The number of hydrogen-bond acceptors (Lipinski definition) is 7. The van der Waals surface area contributed by atoms with Gasteiger partial charge in [-0.1, -0.05) is 23.2 Å². The van der Waals surface area contributed by atoms with Crippen LogP contribution in [0.15, 0.2) is 43.2 Å². The third kappa shape index (κ3) is 4.47. The van der Waals surface area contributed by atoms with Gasteiger partial charge in [-0.25, -0.2) is 19.6 Å². The van der Waals surface area contributed by atoms with Crippen molar-refractivity contribution in [3.8, 4) is 11.6 Å². The Morgan fingerprint density at radius 1 is 1.07 bits per heavy atom. The topological polar surface area (TPSA) is 89.3 Å². The smallest absolute Gasteiger partial charge is 0.263 e. The van der Waals surface area contributed by atoms with Crippen molar-refractivity contribution in [3.05, 3.63) is 53.3 Å². The number of anilines is 1. The average Bonchev–Trinajstić information content (AvgIpc) is 3.30. The van der Waals surface area contributed by atoms with Gasteiger partial charge in [0.2, 0.25) is 0 Å². The number of carbonyl (C=O) groups is 1. The van der Waals surface area contributed by atoms with E-state index < -0.39 is 6.10 Å². The SMILES string of the molecule is CC(Oc1ccc(Cl)cc1Cl)C(=O)N1CCN(c2cc(-n3cncn3)ncn2)CC1. The van der Waals surface area contributed by atoms with Gasteiger partial charge >= 0.3 is 0 Å². The third-order valence-electron chi connectivity index (χ3n) is 4.75. The van der Waals surface area contributed by atoms with E-state index >= 15 is 0 Å². The number of nitrogens with zero attached hydrogens (tertiary/aromatic N) is 7. The standard InChI is InChI=1S/C19H19Cl2N7O2/c1-13(30-16-3-2-14(20)8-15(16)21)19(29)27-6-4-26(5-7-27)17-9-18(24-11-23-17)28-12-22-10-25-28/h2-3,8-13H,4-7H2,1H3. The maximum absolute atomic E-state index is 12.8. The van der Waals surface area contributed by atoms with Gasteiger partial charge in [0.25, 0.3) is 5.91 Å². The highest BCUT2D eigenvalue weighted by Gasteiger charge is 2.27. The molecule has 2 aromatic heterocycles. The summed E-state index contributed by atoms with van der Waals surface area (Å²) in [5.74, 6) is 1.76. The number of amides is 1. The summed E-state index contributed by atoms with van der Waals surface area (Å²) in [6.45, 7) is 4.13. The molecule has 1 aromatic carbocycles. The maximum Gasteiger partial charge on any atom is 0.263 e.